The second-order valence-electron chi connectivity index (χ2n) is 5.87. The second kappa shape index (κ2) is 8.37. The van der Waals surface area contributed by atoms with Crippen LogP contribution in [0.2, 0.25) is 0 Å². The van der Waals surface area contributed by atoms with Crippen LogP contribution in [0.25, 0.3) is 0 Å². The molecule has 2 saturated heterocycles. The zero-order valence-corrected chi connectivity index (χ0v) is 12.4. The molecule has 0 aromatic carbocycles. The molecule has 2 aliphatic heterocycles. The van der Waals surface area contributed by atoms with E-state index in [1.165, 1.54) is 57.9 Å². The van der Waals surface area contributed by atoms with Crippen LogP contribution in [0.5, 0.6) is 0 Å². The third-order valence-corrected chi connectivity index (χ3v) is 4.41. The monoisotopic (exact) mass is 259 g/mol. The topological polar surface area (TPSA) is 3.24 Å². The van der Waals surface area contributed by atoms with E-state index in [1.54, 1.807) is 0 Å². The van der Waals surface area contributed by atoms with E-state index in [0.29, 0.717) is 6.04 Å². The Morgan fingerprint density at radius 1 is 1.00 bits per heavy atom. The number of hydrogen-bond donors (Lipinski definition) is 0. The van der Waals surface area contributed by atoms with Crippen LogP contribution in [0.4, 0.5) is 0 Å². The predicted molar refractivity (Wildman–Crippen MR) is 84.3 cm³/mol. The van der Waals surface area contributed by atoms with E-state index in [1.807, 2.05) is 0 Å². The van der Waals surface area contributed by atoms with E-state index in [9.17, 15) is 0 Å². The number of fused-ring (bicyclic) bond motifs is 1. The molecule has 0 spiro atoms. The average molecular weight is 259 g/mol. The molecule has 2 heterocycles. The normalized spacial score (nSPS) is 28.9. The van der Waals surface area contributed by atoms with Crippen molar-refractivity contribution in [1.82, 2.24) is 4.90 Å². The van der Waals surface area contributed by atoms with Crippen LogP contribution < -0.4 is 0 Å². The highest BCUT2D eigenvalue weighted by atomic mass is 15.2. The molecule has 1 heteroatoms. The fourth-order valence-electron chi connectivity index (χ4n) is 3.36. The van der Waals surface area contributed by atoms with Gasteiger partial charge in [0.15, 0.2) is 0 Å². The van der Waals surface area contributed by atoms with Gasteiger partial charge in [-0.25, -0.2) is 0 Å². The molecule has 0 saturated carbocycles. The van der Waals surface area contributed by atoms with Crippen molar-refractivity contribution in [3.8, 4) is 0 Å². The molecule has 19 heavy (non-hydrogen) atoms. The van der Waals surface area contributed by atoms with Crippen LogP contribution in [0.3, 0.4) is 0 Å². The Balaban J connectivity index is 1.72. The fourth-order valence-corrected chi connectivity index (χ4v) is 3.36. The van der Waals surface area contributed by atoms with Crippen LogP contribution in [-0.4, -0.2) is 23.5 Å². The third kappa shape index (κ3) is 4.65. The molecule has 1 unspecified atom stereocenters. The minimum atomic E-state index is 0.704. The number of nitrogens with zero attached hydrogens (tertiary/aromatic N) is 1. The van der Waals surface area contributed by atoms with Crippen LogP contribution in [0.15, 0.2) is 36.5 Å². The summed E-state index contributed by atoms with van der Waals surface area (Å²) < 4.78 is 0. The molecule has 2 rings (SSSR count). The van der Waals surface area contributed by atoms with Gasteiger partial charge in [0.25, 0.3) is 0 Å². The summed E-state index contributed by atoms with van der Waals surface area (Å²) in [5.41, 5.74) is 0. The van der Waals surface area contributed by atoms with Gasteiger partial charge in [0.1, 0.15) is 0 Å². The van der Waals surface area contributed by atoms with Gasteiger partial charge in [0.2, 0.25) is 0 Å². The van der Waals surface area contributed by atoms with Gasteiger partial charge in [-0.05, 0) is 38.6 Å². The maximum atomic E-state index is 2.73. The standard InChI is InChI=1S/C18H29N/c1-2-3-4-5-6-7-8-9-12-17-13-10-14-18-15-11-16-19(17)18/h5-9,12,17-18H,2-4,10-11,13-16H2,1H3/t17?,18-/m1/s1. The molecule has 2 atom stereocenters. The average Bonchev–Trinajstić information content (AvgIpc) is 2.91. The minimum Gasteiger partial charge on any atom is -0.294 e. The smallest absolute Gasteiger partial charge is 0.0284 e. The van der Waals surface area contributed by atoms with Crippen LogP contribution in [-0.2, 0) is 0 Å². The van der Waals surface area contributed by atoms with Crippen molar-refractivity contribution in [3.05, 3.63) is 36.5 Å². The van der Waals surface area contributed by atoms with E-state index in [4.69, 9.17) is 0 Å². The second-order valence-corrected chi connectivity index (χ2v) is 5.87. The molecule has 0 aromatic rings. The maximum absolute atomic E-state index is 2.73. The Morgan fingerprint density at radius 3 is 2.74 bits per heavy atom. The summed E-state index contributed by atoms with van der Waals surface area (Å²) in [6.07, 6.45) is 24.3. The van der Waals surface area contributed by atoms with Crippen molar-refractivity contribution in [2.45, 2.75) is 70.4 Å². The zero-order chi connectivity index (χ0) is 13.3. The van der Waals surface area contributed by atoms with E-state index in [-0.39, 0.29) is 0 Å². The molecule has 0 aromatic heterocycles. The quantitative estimate of drug-likeness (QED) is 0.486. The summed E-state index contributed by atoms with van der Waals surface area (Å²) >= 11 is 0. The Kier molecular flexibility index (Phi) is 6.43. The van der Waals surface area contributed by atoms with Gasteiger partial charge in [-0.15, -0.1) is 0 Å². The number of allylic oxidation sites excluding steroid dienone is 5. The van der Waals surface area contributed by atoms with E-state index in [2.05, 4.69) is 48.3 Å². The van der Waals surface area contributed by atoms with Gasteiger partial charge >= 0.3 is 0 Å². The fraction of sp³-hybridized carbons (Fsp3) is 0.667. The first-order valence-electron chi connectivity index (χ1n) is 8.17. The minimum absolute atomic E-state index is 0.704. The van der Waals surface area contributed by atoms with Gasteiger partial charge in [-0.3, -0.25) is 4.90 Å². The lowest BCUT2D eigenvalue weighted by Gasteiger charge is -2.36. The number of unbranched alkanes of at least 4 members (excludes halogenated alkanes) is 2. The Labute approximate surface area is 119 Å². The molecule has 2 aliphatic rings. The lowest BCUT2D eigenvalue weighted by molar-refractivity contribution is 0.153. The Hall–Kier alpha value is -0.820. The first kappa shape index (κ1) is 14.6. The molecule has 1 nitrogen and oxygen atoms in total. The molecular weight excluding hydrogens is 230 g/mol. The molecule has 106 valence electrons. The van der Waals surface area contributed by atoms with Gasteiger partial charge < -0.3 is 0 Å². The zero-order valence-electron chi connectivity index (χ0n) is 12.4. The first-order valence-corrected chi connectivity index (χ1v) is 8.17. The summed E-state index contributed by atoms with van der Waals surface area (Å²) in [4.78, 5) is 2.73. The summed E-state index contributed by atoms with van der Waals surface area (Å²) in [5.74, 6) is 0. The van der Waals surface area contributed by atoms with Gasteiger partial charge in [0.05, 0.1) is 0 Å². The molecule has 0 bridgehead atoms. The van der Waals surface area contributed by atoms with Crippen molar-refractivity contribution in [3.63, 3.8) is 0 Å². The van der Waals surface area contributed by atoms with Crippen molar-refractivity contribution in [2.75, 3.05) is 6.54 Å². The first-order chi connectivity index (χ1) is 9.42. The van der Waals surface area contributed by atoms with Crippen LogP contribution >= 0.6 is 0 Å². The van der Waals surface area contributed by atoms with Crippen molar-refractivity contribution in [1.29, 1.82) is 0 Å². The van der Waals surface area contributed by atoms with Crippen molar-refractivity contribution >= 4 is 0 Å². The SMILES string of the molecule is CCCCC=CC=CC=CC1CCC[C@@H]2CCCN12. The van der Waals surface area contributed by atoms with Crippen LogP contribution in [0.1, 0.15) is 58.3 Å². The summed E-state index contributed by atoms with van der Waals surface area (Å²) in [5, 5.41) is 0. The molecular formula is C18H29N. The molecule has 0 N–H and O–H groups in total. The lowest BCUT2D eigenvalue weighted by atomic mass is 9.96. The summed E-state index contributed by atoms with van der Waals surface area (Å²) in [6, 6.07) is 1.59. The largest absolute Gasteiger partial charge is 0.294 e. The lowest BCUT2D eigenvalue weighted by Crippen LogP contribution is -2.41. The third-order valence-electron chi connectivity index (χ3n) is 4.41. The highest BCUT2D eigenvalue weighted by Crippen LogP contribution is 2.31. The molecule has 0 aliphatic carbocycles. The van der Waals surface area contributed by atoms with Gasteiger partial charge in [-0.1, -0.05) is 62.6 Å². The van der Waals surface area contributed by atoms with Gasteiger partial charge in [-0.2, -0.15) is 0 Å². The maximum Gasteiger partial charge on any atom is 0.0284 e. The molecule has 2 fully saturated rings. The van der Waals surface area contributed by atoms with E-state index >= 15 is 0 Å². The van der Waals surface area contributed by atoms with Crippen LogP contribution in [0, 0.1) is 0 Å². The van der Waals surface area contributed by atoms with E-state index in [0.717, 1.165) is 6.04 Å². The summed E-state index contributed by atoms with van der Waals surface area (Å²) in [7, 11) is 0. The summed E-state index contributed by atoms with van der Waals surface area (Å²) in [6.45, 7) is 3.56. The highest BCUT2D eigenvalue weighted by molar-refractivity contribution is 5.13. The Morgan fingerprint density at radius 2 is 1.84 bits per heavy atom. The highest BCUT2D eigenvalue weighted by Gasteiger charge is 2.32. The Bertz CT molecular complexity index is 327. The van der Waals surface area contributed by atoms with E-state index < -0.39 is 0 Å². The number of piperidine rings is 1. The molecule has 0 amide bonds. The van der Waals surface area contributed by atoms with Crippen molar-refractivity contribution in [2.24, 2.45) is 0 Å². The predicted octanol–water partition coefficient (Wildman–Crippen LogP) is 4.86. The number of hydrogen-bond acceptors (Lipinski definition) is 1. The number of rotatable bonds is 6. The molecule has 0 radical (unpaired) electrons. The van der Waals surface area contributed by atoms with Crippen molar-refractivity contribution < 1.29 is 0 Å². The van der Waals surface area contributed by atoms with Gasteiger partial charge in [0, 0.05) is 12.1 Å².